The van der Waals surface area contributed by atoms with Crippen LogP contribution >= 0.6 is 11.6 Å². The van der Waals surface area contributed by atoms with Crippen LogP contribution in [-0.4, -0.2) is 38.4 Å². The Morgan fingerprint density at radius 1 is 1.48 bits per heavy atom. The lowest BCUT2D eigenvalue weighted by Crippen LogP contribution is -2.87. The molecule has 5 nitrogen and oxygen atoms in total. The molecule has 0 aliphatic carbocycles. The van der Waals surface area contributed by atoms with E-state index >= 15 is 0 Å². The first kappa shape index (κ1) is 16.3. The van der Waals surface area contributed by atoms with Crippen LogP contribution in [0, 0.1) is 0 Å². The molecule has 0 radical (unpaired) electrons. The Hall–Kier alpha value is -1.11. The molecule has 1 fully saturated rings. The van der Waals surface area contributed by atoms with Crippen molar-refractivity contribution in [3.63, 3.8) is 0 Å². The zero-order chi connectivity index (χ0) is 15.5. The Bertz CT molecular complexity index is 618. The number of amides is 1. The second-order valence-electron chi connectivity index (χ2n) is 5.42. The zero-order valence-electron chi connectivity index (χ0n) is 11.9. The minimum Gasteiger partial charge on any atom is -0.347 e. The molecule has 0 saturated carbocycles. The van der Waals surface area contributed by atoms with Crippen LogP contribution in [0.3, 0.4) is 0 Å². The van der Waals surface area contributed by atoms with E-state index in [2.05, 4.69) is 5.32 Å². The predicted molar refractivity (Wildman–Crippen MR) is 81.9 cm³/mol. The quantitative estimate of drug-likeness (QED) is 0.812. The molecule has 0 unspecified atom stereocenters. The zero-order valence-corrected chi connectivity index (χ0v) is 13.5. The van der Waals surface area contributed by atoms with Gasteiger partial charge in [-0.3, -0.25) is 4.79 Å². The molecule has 0 bridgehead atoms. The third-order valence-corrected chi connectivity index (χ3v) is 5.76. The number of hydrogen-bond acceptors (Lipinski definition) is 3. The van der Waals surface area contributed by atoms with Crippen molar-refractivity contribution in [3.05, 3.63) is 34.9 Å². The fraction of sp³-hybridized carbons (Fsp3) is 0.500. The first-order valence-electron chi connectivity index (χ1n) is 6.95. The summed E-state index contributed by atoms with van der Waals surface area (Å²) < 4.78 is 22.7. The van der Waals surface area contributed by atoms with Gasteiger partial charge in [0, 0.05) is 16.6 Å². The Kier molecular flexibility index (Phi) is 5.24. The van der Waals surface area contributed by atoms with Gasteiger partial charge in [-0.15, -0.1) is 0 Å². The van der Waals surface area contributed by atoms with Crippen molar-refractivity contribution in [2.75, 3.05) is 18.1 Å². The minimum atomic E-state index is -2.96. The molecule has 1 aliphatic heterocycles. The summed E-state index contributed by atoms with van der Waals surface area (Å²) in [7, 11) is -2.96. The standard InChI is InChI=1S/C14H19ClN2O3S/c1-10(12-4-2-3-5-13(12)15)16-8-14(18)17-11-6-7-21(19,20)9-11/h2-5,10-11,16H,6-9H2,1H3,(H,17,18)/p+1/t10-,11-/m0/s1. The average molecular weight is 332 g/mol. The SMILES string of the molecule is C[C@H]([NH2+]CC(=O)N[C@H]1CCS(=O)(=O)C1)c1ccccc1Cl. The van der Waals surface area contributed by atoms with Crippen molar-refractivity contribution in [2.24, 2.45) is 0 Å². The van der Waals surface area contributed by atoms with Crippen molar-refractivity contribution in [3.8, 4) is 0 Å². The molecular formula is C14H20ClN2O3S+. The molecule has 1 aliphatic rings. The Balaban J connectivity index is 1.80. The largest absolute Gasteiger partial charge is 0.347 e. The molecule has 1 saturated heterocycles. The average Bonchev–Trinajstić information content (AvgIpc) is 2.75. The lowest BCUT2D eigenvalue weighted by Gasteiger charge is -2.14. The summed E-state index contributed by atoms with van der Waals surface area (Å²) >= 11 is 6.12. The predicted octanol–water partition coefficient (Wildman–Crippen LogP) is 0.268. The van der Waals surface area contributed by atoms with Gasteiger partial charge < -0.3 is 10.6 Å². The van der Waals surface area contributed by atoms with E-state index in [4.69, 9.17) is 11.6 Å². The third-order valence-electron chi connectivity index (χ3n) is 3.65. The Labute approximate surface area is 130 Å². The summed E-state index contributed by atoms with van der Waals surface area (Å²) in [5.41, 5.74) is 0.982. The number of benzene rings is 1. The lowest BCUT2D eigenvalue weighted by atomic mass is 10.1. The second kappa shape index (κ2) is 6.77. The first-order chi connectivity index (χ1) is 9.87. The number of carbonyl (C=O) groups excluding carboxylic acids is 1. The molecule has 0 spiro atoms. The molecule has 0 aromatic heterocycles. The van der Waals surface area contributed by atoms with E-state index in [1.807, 2.05) is 36.5 Å². The maximum absolute atomic E-state index is 11.9. The highest BCUT2D eigenvalue weighted by Gasteiger charge is 2.29. The molecule has 21 heavy (non-hydrogen) atoms. The van der Waals surface area contributed by atoms with Gasteiger partial charge in [0.05, 0.1) is 11.5 Å². The molecule has 1 aromatic carbocycles. The molecule has 116 valence electrons. The van der Waals surface area contributed by atoms with E-state index in [-0.39, 0.29) is 36.0 Å². The van der Waals surface area contributed by atoms with E-state index in [1.54, 1.807) is 0 Å². The molecule has 1 heterocycles. The molecule has 1 aromatic rings. The van der Waals surface area contributed by atoms with Gasteiger partial charge in [0.2, 0.25) is 0 Å². The molecule has 2 rings (SSSR count). The van der Waals surface area contributed by atoms with Crippen LogP contribution in [-0.2, 0) is 14.6 Å². The van der Waals surface area contributed by atoms with Gasteiger partial charge in [-0.1, -0.05) is 29.8 Å². The summed E-state index contributed by atoms with van der Waals surface area (Å²) in [6.07, 6.45) is 0.508. The smallest absolute Gasteiger partial charge is 0.275 e. The van der Waals surface area contributed by atoms with Gasteiger partial charge in [0.25, 0.3) is 5.91 Å². The highest BCUT2D eigenvalue weighted by molar-refractivity contribution is 7.91. The molecule has 2 atom stereocenters. The van der Waals surface area contributed by atoms with Crippen LogP contribution in [0.5, 0.6) is 0 Å². The number of hydrogen-bond donors (Lipinski definition) is 2. The van der Waals surface area contributed by atoms with Crippen LogP contribution in [0.15, 0.2) is 24.3 Å². The summed E-state index contributed by atoms with van der Waals surface area (Å²) in [6.45, 7) is 2.23. The van der Waals surface area contributed by atoms with Crippen molar-refractivity contribution in [2.45, 2.75) is 25.4 Å². The minimum absolute atomic E-state index is 0.0544. The highest BCUT2D eigenvalue weighted by Crippen LogP contribution is 2.19. The number of quaternary nitrogens is 1. The number of carbonyl (C=O) groups is 1. The highest BCUT2D eigenvalue weighted by atomic mass is 35.5. The van der Waals surface area contributed by atoms with E-state index in [0.717, 1.165) is 5.56 Å². The van der Waals surface area contributed by atoms with Crippen LogP contribution in [0.4, 0.5) is 0 Å². The van der Waals surface area contributed by atoms with Crippen molar-refractivity contribution in [1.82, 2.24) is 5.32 Å². The Morgan fingerprint density at radius 2 is 2.19 bits per heavy atom. The molecular weight excluding hydrogens is 312 g/mol. The first-order valence-corrected chi connectivity index (χ1v) is 9.15. The summed E-state index contributed by atoms with van der Waals surface area (Å²) in [4.78, 5) is 11.9. The molecule has 1 amide bonds. The number of nitrogens with two attached hydrogens (primary N) is 1. The maximum atomic E-state index is 11.9. The number of halogens is 1. The van der Waals surface area contributed by atoms with E-state index in [1.165, 1.54) is 0 Å². The fourth-order valence-corrected chi connectivity index (χ4v) is 4.43. The Morgan fingerprint density at radius 3 is 2.81 bits per heavy atom. The molecule has 7 heteroatoms. The van der Waals surface area contributed by atoms with Crippen LogP contribution in [0.1, 0.15) is 24.9 Å². The number of rotatable bonds is 5. The maximum Gasteiger partial charge on any atom is 0.275 e. The van der Waals surface area contributed by atoms with Crippen molar-refractivity contribution < 1.29 is 18.5 Å². The summed E-state index contributed by atoms with van der Waals surface area (Å²) in [5, 5.41) is 5.35. The van der Waals surface area contributed by atoms with Crippen LogP contribution in [0.25, 0.3) is 0 Å². The van der Waals surface area contributed by atoms with E-state index < -0.39 is 9.84 Å². The van der Waals surface area contributed by atoms with E-state index in [9.17, 15) is 13.2 Å². The van der Waals surface area contributed by atoms with Crippen LogP contribution in [0.2, 0.25) is 5.02 Å². The normalized spacial score (nSPS) is 21.9. The van der Waals surface area contributed by atoms with Gasteiger partial charge in [0.1, 0.15) is 6.04 Å². The van der Waals surface area contributed by atoms with E-state index in [0.29, 0.717) is 11.4 Å². The molecule has 3 N–H and O–H groups in total. The monoisotopic (exact) mass is 331 g/mol. The number of sulfone groups is 1. The summed E-state index contributed by atoms with van der Waals surface area (Å²) in [6, 6.07) is 7.36. The fourth-order valence-electron chi connectivity index (χ4n) is 2.45. The van der Waals surface area contributed by atoms with Crippen LogP contribution < -0.4 is 10.6 Å². The number of nitrogens with one attached hydrogen (secondary N) is 1. The summed E-state index contributed by atoms with van der Waals surface area (Å²) in [5.74, 6) is 0.0762. The topological polar surface area (TPSA) is 79.8 Å². The third kappa shape index (κ3) is 4.69. The van der Waals surface area contributed by atoms with Gasteiger partial charge >= 0.3 is 0 Å². The van der Waals surface area contributed by atoms with Gasteiger partial charge in [-0.2, -0.15) is 0 Å². The van der Waals surface area contributed by atoms with Crippen molar-refractivity contribution >= 4 is 27.3 Å². The second-order valence-corrected chi connectivity index (χ2v) is 8.05. The van der Waals surface area contributed by atoms with Gasteiger partial charge in [-0.25, -0.2) is 8.42 Å². The van der Waals surface area contributed by atoms with Gasteiger partial charge in [0.15, 0.2) is 16.4 Å². The lowest BCUT2D eigenvalue weighted by molar-refractivity contribution is -0.682. The van der Waals surface area contributed by atoms with Gasteiger partial charge in [-0.05, 0) is 19.4 Å². The van der Waals surface area contributed by atoms with Crippen molar-refractivity contribution in [1.29, 1.82) is 0 Å².